The van der Waals surface area contributed by atoms with Crippen molar-refractivity contribution in [2.45, 2.75) is 101 Å². The van der Waals surface area contributed by atoms with Crippen molar-refractivity contribution in [2.75, 3.05) is 0 Å². The monoisotopic (exact) mass is 887 g/mol. The number of aryl methyl sites for hydroxylation is 2. The summed E-state index contributed by atoms with van der Waals surface area (Å²) >= 11 is -5.08. The third-order valence-corrected chi connectivity index (χ3v) is 84.3. The van der Waals surface area contributed by atoms with Crippen molar-refractivity contribution >= 4 is 35.3 Å². The molecule has 0 amide bonds. The van der Waals surface area contributed by atoms with E-state index in [2.05, 4.69) is 152 Å². The van der Waals surface area contributed by atoms with Gasteiger partial charge in [-0.3, -0.25) is 0 Å². The predicted molar refractivity (Wildman–Crippen MR) is 223 cm³/mol. The van der Waals surface area contributed by atoms with Crippen LogP contribution in [-0.2, 0) is 28.1 Å². The fraction of sp³-hybridized carbons (Fsp3) is 0.391. The maximum atomic E-state index is 8.88. The number of rotatable bonds is 13. The summed E-state index contributed by atoms with van der Waals surface area (Å²) in [5, 5.41) is 0. The van der Waals surface area contributed by atoms with E-state index in [0.29, 0.717) is 11.8 Å². The Balaban J connectivity index is 1.62. The molecule has 0 saturated heterocycles. The minimum absolute atomic E-state index is 0.111. The van der Waals surface area contributed by atoms with E-state index in [1.54, 1.807) is 0 Å². The van der Waals surface area contributed by atoms with Gasteiger partial charge in [0.2, 0.25) is 0 Å². The van der Waals surface area contributed by atoms with Crippen LogP contribution < -0.4 is 0 Å². The molecule has 2 aliphatic rings. The van der Waals surface area contributed by atoms with Gasteiger partial charge >= 0.3 is 315 Å². The first-order valence-electron chi connectivity index (χ1n) is 19.3. The Kier molecular flexibility index (Phi) is 11.5. The Morgan fingerprint density at radius 3 is 1.30 bits per heavy atom. The summed E-state index contributed by atoms with van der Waals surface area (Å²) < 4.78 is 0.223. The van der Waals surface area contributed by atoms with E-state index in [1.807, 2.05) is 0 Å². The molecule has 2 aliphatic carbocycles. The van der Waals surface area contributed by atoms with Gasteiger partial charge in [0, 0.05) is 0 Å². The van der Waals surface area contributed by atoms with Crippen molar-refractivity contribution in [1.82, 2.24) is 0 Å². The normalized spacial score (nSPS) is 17.9. The van der Waals surface area contributed by atoms with Crippen molar-refractivity contribution in [3.05, 3.63) is 129 Å². The van der Waals surface area contributed by atoms with E-state index < -0.39 is 21.3 Å². The summed E-state index contributed by atoms with van der Waals surface area (Å²) in [5.74, 6) is -0.631. The van der Waals surface area contributed by atoms with Crippen molar-refractivity contribution in [1.29, 1.82) is 0 Å². The Morgan fingerprint density at radius 2 is 0.940 bits per heavy atom. The average molecular weight is 887 g/mol. The molecule has 0 aliphatic heterocycles. The van der Waals surface area contributed by atoms with Crippen LogP contribution >= 0.6 is 17.2 Å². The van der Waals surface area contributed by atoms with Gasteiger partial charge in [-0.15, -0.1) is 0 Å². The van der Waals surface area contributed by atoms with E-state index in [1.165, 1.54) is 66.8 Å². The number of hydrogen-bond acceptors (Lipinski definition) is 0. The molecule has 0 nitrogen and oxygen atoms in total. The van der Waals surface area contributed by atoms with Crippen LogP contribution in [0.2, 0.25) is 13.1 Å². The van der Waals surface area contributed by atoms with Gasteiger partial charge in [-0.05, 0) is 0 Å². The van der Waals surface area contributed by atoms with Crippen LogP contribution in [0.15, 0.2) is 96.1 Å². The van der Waals surface area contributed by atoms with Gasteiger partial charge in [0.25, 0.3) is 0 Å². The molecule has 4 aromatic rings. The number of benzene rings is 4. The molecule has 4 heteroatoms. The van der Waals surface area contributed by atoms with Crippen molar-refractivity contribution in [2.24, 2.45) is 11.8 Å². The van der Waals surface area contributed by atoms with Crippen LogP contribution in [0.5, 0.6) is 0 Å². The average Bonchev–Trinajstić information content (AvgIpc) is 3.64. The molecule has 0 N–H and O–H groups in total. The van der Waals surface area contributed by atoms with Crippen LogP contribution in [0.3, 0.4) is 0 Å². The zero-order valence-corrected chi connectivity index (χ0v) is 37.9. The molecule has 0 saturated carbocycles. The topological polar surface area (TPSA) is 0 Å². The summed E-state index contributed by atoms with van der Waals surface area (Å²) in [7, 11) is 17.8. The first kappa shape index (κ1) is 37.8. The summed E-state index contributed by atoms with van der Waals surface area (Å²) in [6.07, 6.45) is 11.6. The molecule has 0 bridgehead atoms. The number of halogens is 2. The quantitative estimate of drug-likeness (QED) is 0.117. The predicted octanol–water partition coefficient (Wildman–Crippen LogP) is 14.6. The molecule has 2 atom stereocenters. The molecule has 0 aromatic heterocycles. The van der Waals surface area contributed by atoms with Crippen molar-refractivity contribution in [3.8, 4) is 22.3 Å². The second-order valence-electron chi connectivity index (χ2n) is 16.3. The molecular weight excluding hydrogens is 830 g/mol. The molecule has 4 aromatic carbocycles. The number of hydrogen-bond donors (Lipinski definition) is 0. The molecule has 0 fully saturated rings. The van der Waals surface area contributed by atoms with E-state index in [9.17, 15) is 0 Å². The van der Waals surface area contributed by atoms with E-state index in [0.717, 1.165) is 38.5 Å². The standard InChI is InChI=1S/2C22H25.C2H7Si.2ClH.Hf/c2*1-4-8-18-9-5-6-11-20(18)21-12-7-10-19-14-17(13-16(2)3)15-22(19)21;1-3-2;;;/h2*5-7,9-12,14-16H,4,8,13H2,1-3H3;3H,1-2H3;2*1H;/q;;;;;+2/p-2. The first-order valence-corrected chi connectivity index (χ1v) is 41.5. The Hall–Kier alpha value is -1.97. The van der Waals surface area contributed by atoms with Crippen LogP contribution in [-0.4, -0.2) is 5.98 Å². The second kappa shape index (κ2) is 15.2. The molecule has 2 unspecified atom stereocenters. The molecule has 0 radical (unpaired) electrons. The SMILES string of the molecule is CCCc1ccccc1-c1cccc2c1C=C(CC(C)C)[CH]2[Hf]([Cl])([Cl])([CH]1C(CC(C)C)=Cc2c(-c3ccccc3CCC)cccc21)[SiH](C)C. The van der Waals surface area contributed by atoms with Gasteiger partial charge in [-0.25, -0.2) is 0 Å². The molecule has 50 heavy (non-hydrogen) atoms. The van der Waals surface area contributed by atoms with Gasteiger partial charge < -0.3 is 0 Å². The molecule has 6 rings (SSSR count). The third-order valence-electron chi connectivity index (χ3n) is 11.5. The van der Waals surface area contributed by atoms with Gasteiger partial charge in [0.1, 0.15) is 0 Å². The van der Waals surface area contributed by atoms with Gasteiger partial charge in [0.15, 0.2) is 0 Å². The fourth-order valence-electron chi connectivity index (χ4n) is 9.37. The number of fused-ring (bicyclic) bond motifs is 2. The van der Waals surface area contributed by atoms with Gasteiger partial charge in [-0.2, -0.15) is 0 Å². The Bertz CT molecular complexity index is 1800. The first-order chi connectivity index (χ1) is 23.9. The van der Waals surface area contributed by atoms with Gasteiger partial charge in [0.05, 0.1) is 0 Å². The molecule has 263 valence electrons. The van der Waals surface area contributed by atoms with Crippen LogP contribution in [0.1, 0.15) is 108 Å². The van der Waals surface area contributed by atoms with E-state index in [-0.39, 0.29) is 7.35 Å². The summed E-state index contributed by atoms with van der Waals surface area (Å²) in [6.45, 7) is 19.0. The minimum atomic E-state index is -5.08. The van der Waals surface area contributed by atoms with Crippen LogP contribution in [0.4, 0.5) is 0 Å². The molecule has 0 heterocycles. The van der Waals surface area contributed by atoms with Gasteiger partial charge in [-0.1, -0.05) is 0 Å². The van der Waals surface area contributed by atoms with Crippen LogP contribution in [0, 0.1) is 11.8 Å². The van der Waals surface area contributed by atoms with E-state index >= 15 is 0 Å². The zero-order chi connectivity index (χ0) is 35.8. The van der Waals surface area contributed by atoms with Crippen LogP contribution in [0.25, 0.3) is 34.4 Å². The Labute approximate surface area is 312 Å². The zero-order valence-electron chi connectivity index (χ0n) is 31.6. The van der Waals surface area contributed by atoms with Crippen molar-refractivity contribution in [3.63, 3.8) is 0 Å². The molecule has 0 spiro atoms. The second-order valence-corrected chi connectivity index (χ2v) is 75.6. The number of allylic oxidation sites excluding steroid dienone is 2. The maximum absolute atomic E-state index is 8.88. The van der Waals surface area contributed by atoms with E-state index in [4.69, 9.17) is 17.2 Å². The summed E-state index contributed by atoms with van der Waals surface area (Å²) in [5.41, 5.74) is 16.7. The fourth-order valence-corrected chi connectivity index (χ4v) is 53.8. The Morgan fingerprint density at radius 1 is 0.560 bits per heavy atom. The van der Waals surface area contributed by atoms with Crippen molar-refractivity contribution < 1.29 is 15.3 Å². The molecular formula is C46H57Cl2HfSi. The summed E-state index contributed by atoms with van der Waals surface area (Å²) in [6, 6.07) is 32.1. The third kappa shape index (κ3) is 6.70. The summed E-state index contributed by atoms with van der Waals surface area (Å²) in [4.78, 5) is 0.